The maximum absolute atomic E-state index is 13.4. The molecule has 0 aliphatic carbocycles. The first-order chi connectivity index (χ1) is 8.81. The van der Waals surface area contributed by atoms with Gasteiger partial charge >= 0.3 is 0 Å². The molecule has 19 heavy (non-hydrogen) atoms. The van der Waals surface area contributed by atoms with Crippen molar-refractivity contribution < 1.29 is 17.2 Å². The number of hydrogen-bond acceptors (Lipinski definition) is 4. The first kappa shape index (κ1) is 13.3. The molecular formula is C10H10F2N4O2S. The minimum Gasteiger partial charge on any atom is -0.394 e. The minimum absolute atomic E-state index is 0.103. The highest BCUT2D eigenvalue weighted by molar-refractivity contribution is 7.92. The molecule has 102 valence electrons. The highest BCUT2D eigenvalue weighted by atomic mass is 32.2. The number of halogens is 2. The quantitative estimate of drug-likeness (QED) is 0.794. The van der Waals surface area contributed by atoms with Crippen LogP contribution >= 0.6 is 0 Å². The Kier molecular flexibility index (Phi) is 3.14. The van der Waals surface area contributed by atoms with Gasteiger partial charge < -0.3 is 5.73 Å². The van der Waals surface area contributed by atoms with Crippen molar-refractivity contribution in [3.63, 3.8) is 0 Å². The van der Waals surface area contributed by atoms with Gasteiger partial charge in [-0.2, -0.15) is 5.10 Å². The van der Waals surface area contributed by atoms with Crippen LogP contribution < -0.4 is 10.5 Å². The smallest absolute Gasteiger partial charge is 0.266 e. The fourth-order valence-electron chi connectivity index (χ4n) is 1.39. The van der Waals surface area contributed by atoms with Crippen LogP contribution in [0.3, 0.4) is 0 Å². The Hall–Kier alpha value is -2.16. The molecule has 2 rings (SSSR count). The number of H-pyrrole nitrogens is 1. The van der Waals surface area contributed by atoms with Crippen LogP contribution in [0.1, 0.15) is 5.69 Å². The number of nitrogens with two attached hydrogens (primary N) is 1. The summed E-state index contributed by atoms with van der Waals surface area (Å²) in [5.41, 5.74) is 6.15. The van der Waals surface area contributed by atoms with E-state index in [4.69, 9.17) is 5.73 Å². The van der Waals surface area contributed by atoms with Gasteiger partial charge in [-0.15, -0.1) is 0 Å². The van der Waals surface area contributed by atoms with Crippen LogP contribution in [0.4, 0.5) is 20.3 Å². The maximum Gasteiger partial charge on any atom is 0.266 e. The molecular weight excluding hydrogens is 278 g/mol. The first-order valence-electron chi connectivity index (χ1n) is 5.09. The highest BCUT2D eigenvalue weighted by Crippen LogP contribution is 2.23. The van der Waals surface area contributed by atoms with Crippen molar-refractivity contribution >= 4 is 21.5 Å². The van der Waals surface area contributed by atoms with E-state index >= 15 is 0 Å². The number of nitrogens with one attached hydrogen (secondary N) is 2. The van der Waals surface area contributed by atoms with Gasteiger partial charge in [0, 0.05) is 6.07 Å². The number of benzene rings is 1. The molecule has 4 N–H and O–H groups in total. The summed E-state index contributed by atoms with van der Waals surface area (Å²) in [5.74, 6) is -2.20. The van der Waals surface area contributed by atoms with Crippen LogP contribution in [0.5, 0.6) is 0 Å². The van der Waals surface area contributed by atoms with Crippen LogP contribution in [0.25, 0.3) is 0 Å². The van der Waals surface area contributed by atoms with Crippen LogP contribution in [-0.2, 0) is 10.0 Å². The number of aryl methyl sites for hydroxylation is 1. The second-order valence-electron chi connectivity index (χ2n) is 3.79. The standard InChI is InChI=1S/C10H10F2N4O2S/c1-5-9(13)10(15-14-5)16-19(17,18)8-3-2-6(11)4-7(8)12/h2-4H,13H2,1H3,(H2,14,15,16). The highest BCUT2D eigenvalue weighted by Gasteiger charge is 2.22. The van der Waals surface area contributed by atoms with Crippen LogP contribution in [0.2, 0.25) is 0 Å². The number of nitrogen functional groups attached to an aromatic ring is 1. The summed E-state index contributed by atoms with van der Waals surface area (Å²) in [4.78, 5) is -0.686. The van der Waals surface area contributed by atoms with E-state index in [-0.39, 0.29) is 11.5 Å². The fourth-order valence-corrected chi connectivity index (χ4v) is 2.47. The Morgan fingerprint density at radius 3 is 2.58 bits per heavy atom. The van der Waals surface area contributed by atoms with E-state index in [1.54, 1.807) is 6.92 Å². The van der Waals surface area contributed by atoms with Gasteiger partial charge in [0.05, 0.1) is 11.4 Å². The molecule has 6 nitrogen and oxygen atoms in total. The lowest BCUT2D eigenvalue weighted by molar-refractivity contribution is 0.551. The predicted octanol–water partition coefficient (Wildman–Crippen LogP) is 1.38. The molecule has 2 aromatic rings. The molecule has 1 aromatic heterocycles. The second-order valence-corrected chi connectivity index (χ2v) is 5.44. The first-order valence-corrected chi connectivity index (χ1v) is 6.58. The van der Waals surface area contributed by atoms with Gasteiger partial charge in [0.2, 0.25) is 0 Å². The average Bonchev–Trinajstić information content (AvgIpc) is 2.60. The van der Waals surface area contributed by atoms with E-state index in [1.165, 1.54) is 0 Å². The molecule has 0 aliphatic rings. The van der Waals surface area contributed by atoms with Gasteiger partial charge in [0.25, 0.3) is 10.0 Å². The number of rotatable bonds is 3. The third-order valence-electron chi connectivity index (χ3n) is 2.41. The van der Waals surface area contributed by atoms with Crippen molar-refractivity contribution in [2.75, 3.05) is 10.5 Å². The lowest BCUT2D eigenvalue weighted by atomic mass is 10.3. The number of sulfonamides is 1. The van der Waals surface area contributed by atoms with Crippen LogP contribution in [0.15, 0.2) is 23.1 Å². The van der Waals surface area contributed by atoms with E-state index in [1.807, 2.05) is 4.72 Å². The summed E-state index contributed by atoms with van der Waals surface area (Å²) < 4.78 is 52.0. The minimum atomic E-state index is -4.22. The van der Waals surface area contributed by atoms with E-state index in [0.29, 0.717) is 11.8 Å². The molecule has 1 heterocycles. The Morgan fingerprint density at radius 2 is 2.05 bits per heavy atom. The molecule has 0 spiro atoms. The Balaban J connectivity index is 2.41. The largest absolute Gasteiger partial charge is 0.394 e. The number of aromatic amines is 1. The van der Waals surface area contributed by atoms with Gasteiger partial charge in [0.1, 0.15) is 16.5 Å². The van der Waals surface area contributed by atoms with Gasteiger partial charge in [-0.1, -0.05) is 0 Å². The van der Waals surface area contributed by atoms with Crippen molar-refractivity contribution in [3.05, 3.63) is 35.5 Å². The van der Waals surface area contributed by atoms with Crippen LogP contribution in [-0.4, -0.2) is 18.6 Å². The molecule has 0 aliphatic heterocycles. The summed E-state index contributed by atoms with van der Waals surface area (Å²) in [6, 6.07) is 2.15. The van der Waals surface area contributed by atoms with Gasteiger partial charge in [0.15, 0.2) is 5.82 Å². The average molecular weight is 288 g/mol. The maximum atomic E-state index is 13.4. The Morgan fingerprint density at radius 1 is 1.37 bits per heavy atom. The molecule has 0 saturated carbocycles. The summed E-state index contributed by atoms with van der Waals surface area (Å²) in [6.45, 7) is 1.60. The van der Waals surface area contributed by atoms with Crippen molar-refractivity contribution in [2.24, 2.45) is 0 Å². The number of hydrogen-bond donors (Lipinski definition) is 3. The summed E-state index contributed by atoms with van der Waals surface area (Å²) in [7, 11) is -4.22. The molecule has 9 heteroatoms. The SMILES string of the molecule is Cc1[nH]nc(NS(=O)(=O)c2ccc(F)cc2F)c1N. The van der Waals surface area contributed by atoms with Crippen molar-refractivity contribution in [2.45, 2.75) is 11.8 Å². The van der Waals surface area contributed by atoms with E-state index in [9.17, 15) is 17.2 Å². The molecule has 0 saturated heterocycles. The van der Waals surface area contributed by atoms with Gasteiger partial charge in [-0.05, 0) is 19.1 Å². The molecule has 0 fully saturated rings. The number of aromatic nitrogens is 2. The number of anilines is 2. The van der Waals surface area contributed by atoms with E-state index in [0.717, 1.165) is 12.1 Å². The summed E-state index contributed by atoms with van der Waals surface area (Å²) in [5, 5.41) is 6.12. The normalized spacial score (nSPS) is 11.5. The molecule has 0 bridgehead atoms. The lowest BCUT2D eigenvalue weighted by Crippen LogP contribution is -2.16. The van der Waals surface area contributed by atoms with Crippen LogP contribution in [0, 0.1) is 18.6 Å². The third kappa shape index (κ3) is 2.50. The molecule has 0 atom stereocenters. The third-order valence-corrected chi connectivity index (χ3v) is 3.78. The zero-order chi connectivity index (χ0) is 14.2. The zero-order valence-corrected chi connectivity index (χ0v) is 10.6. The summed E-state index contributed by atoms with van der Waals surface area (Å²) >= 11 is 0. The number of nitrogens with zero attached hydrogens (tertiary/aromatic N) is 1. The molecule has 1 aromatic carbocycles. The lowest BCUT2D eigenvalue weighted by Gasteiger charge is -2.07. The summed E-state index contributed by atoms with van der Waals surface area (Å²) in [6.07, 6.45) is 0. The van der Waals surface area contributed by atoms with Gasteiger partial charge in [-0.3, -0.25) is 9.82 Å². The van der Waals surface area contributed by atoms with Crippen molar-refractivity contribution in [3.8, 4) is 0 Å². The van der Waals surface area contributed by atoms with Gasteiger partial charge in [-0.25, -0.2) is 17.2 Å². The molecule has 0 radical (unpaired) electrons. The second kappa shape index (κ2) is 4.50. The fraction of sp³-hybridized carbons (Fsp3) is 0.100. The Labute approximate surface area is 107 Å². The van der Waals surface area contributed by atoms with Crippen molar-refractivity contribution in [1.29, 1.82) is 0 Å². The zero-order valence-electron chi connectivity index (χ0n) is 9.74. The predicted molar refractivity (Wildman–Crippen MR) is 64.9 cm³/mol. The monoisotopic (exact) mass is 288 g/mol. The Bertz CT molecular complexity index is 727. The van der Waals surface area contributed by atoms with Crippen molar-refractivity contribution in [1.82, 2.24) is 10.2 Å². The van der Waals surface area contributed by atoms with E-state index in [2.05, 4.69) is 10.2 Å². The molecule has 0 unspecified atom stereocenters. The topological polar surface area (TPSA) is 101 Å². The van der Waals surface area contributed by atoms with E-state index < -0.39 is 26.6 Å². The molecule has 0 amide bonds.